The predicted octanol–water partition coefficient (Wildman–Crippen LogP) is 4.15. The highest BCUT2D eigenvalue weighted by Crippen LogP contribution is 2.33. The van der Waals surface area contributed by atoms with Gasteiger partial charge in [0.25, 0.3) is 0 Å². The lowest BCUT2D eigenvalue weighted by Crippen LogP contribution is -2.38. The third-order valence-electron chi connectivity index (χ3n) is 4.57. The molecule has 10 heteroatoms. The summed E-state index contributed by atoms with van der Waals surface area (Å²) in [5.41, 5.74) is 0.0777. The Morgan fingerprint density at radius 2 is 1.87 bits per heavy atom. The van der Waals surface area contributed by atoms with Gasteiger partial charge in [0, 0.05) is 18.7 Å². The van der Waals surface area contributed by atoms with Crippen LogP contribution in [0.15, 0.2) is 35.3 Å². The van der Waals surface area contributed by atoms with Gasteiger partial charge in [0.1, 0.15) is 17.4 Å². The second kappa shape index (κ2) is 9.95. The van der Waals surface area contributed by atoms with Crippen LogP contribution in [0.2, 0.25) is 0 Å². The van der Waals surface area contributed by atoms with E-state index in [2.05, 4.69) is 15.6 Å². The summed E-state index contributed by atoms with van der Waals surface area (Å²) >= 11 is 0. The first-order valence-corrected chi connectivity index (χ1v) is 9.67. The summed E-state index contributed by atoms with van der Waals surface area (Å²) in [6.07, 6.45) is -4.28. The zero-order chi connectivity index (χ0) is 22.4. The molecule has 0 aromatic heterocycles. The molecule has 1 aliphatic heterocycles. The quantitative estimate of drug-likeness (QED) is 0.400. The summed E-state index contributed by atoms with van der Waals surface area (Å²) in [6, 6.07) is 5.24. The fraction of sp³-hybridized carbons (Fsp3) is 0.381. The molecule has 2 aromatic rings. The molecular weight excluding hydrogens is 421 g/mol. The van der Waals surface area contributed by atoms with Crippen LogP contribution in [0.5, 0.6) is 5.75 Å². The van der Waals surface area contributed by atoms with Crippen molar-refractivity contribution in [2.75, 3.05) is 19.9 Å². The van der Waals surface area contributed by atoms with Gasteiger partial charge in [-0.3, -0.25) is 0 Å². The van der Waals surface area contributed by atoms with Crippen LogP contribution < -0.4 is 15.4 Å². The van der Waals surface area contributed by atoms with Gasteiger partial charge in [-0.1, -0.05) is 6.07 Å². The number of hydrogen-bond acceptors (Lipinski definition) is 3. The normalized spacial score (nSPS) is 14.1. The molecule has 0 spiro atoms. The standard InChI is InChI=1S/C21H22F5N3O2/c1-2-27-20(29-10-14-3-4-16(22)9-18(14)21(24,25)26)28-6-5-13-7-17(23)8-15-11-30-12-31-19(13)15/h3-4,7-9H,2,5-6,10-12H2,1H3,(H2,27,28,29). The van der Waals surface area contributed by atoms with Crippen molar-refractivity contribution in [2.45, 2.75) is 32.7 Å². The molecule has 5 nitrogen and oxygen atoms in total. The van der Waals surface area contributed by atoms with Crippen molar-refractivity contribution >= 4 is 5.96 Å². The Kier molecular flexibility index (Phi) is 7.32. The number of rotatable bonds is 6. The summed E-state index contributed by atoms with van der Waals surface area (Å²) < 4.78 is 77.2. The van der Waals surface area contributed by atoms with Crippen molar-refractivity contribution in [2.24, 2.45) is 4.99 Å². The second-order valence-corrected chi connectivity index (χ2v) is 6.83. The second-order valence-electron chi connectivity index (χ2n) is 6.83. The van der Waals surface area contributed by atoms with Crippen molar-refractivity contribution in [1.29, 1.82) is 0 Å². The number of ether oxygens (including phenoxy) is 2. The Bertz CT molecular complexity index is 947. The third-order valence-corrected chi connectivity index (χ3v) is 4.57. The van der Waals surface area contributed by atoms with Crippen LogP contribution in [0.3, 0.4) is 0 Å². The minimum absolute atomic E-state index is 0.0857. The first-order chi connectivity index (χ1) is 14.8. The molecule has 0 unspecified atom stereocenters. The van der Waals surface area contributed by atoms with Crippen LogP contribution >= 0.6 is 0 Å². The van der Waals surface area contributed by atoms with Crippen LogP contribution in [0.1, 0.15) is 29.2 Å². The fourth-order valence-electron chi connectivity index (χ4n) is 3.21. The highest BCUT2D eigenvalue weighted by Gasteiger charge is 2.33. The van der Waals surface area contributed by atoms with Crippen molar-refractivity contribution in [3.63, 3.8) is 0 Å². The molecule has 3 rings (SSSR count). The highest BCUT2D eigenvalue weighted by molar-refractivity contribution is 5.79. The van der Waals surface area contributed by atoms with E-state index in [1.165, 1.54) is 12.1 Å². The summed E-state index contributed by atoms with van der Waals surface area (Å²) in [6.45, 7) is 2.69. The zero-order valence-corrected chi connectivity index (χ0v) is 16.8. The molecule has 0 amide bonds. The Hall–Kier alpha value is -2.88. The number of halogens is 5. The van der Waals surface area contributed by atoms with Gasteiger partial charge in [0.2, 0.25) is 0 Å². The van der Waals surface area contributed by atoms with Gasteiger partial charge in [0.05, 0.1) is 18.7 Å². The first kappa shape index (κ1) is 22.8. The van der Waals surface area contributed by atoms with Crippen LogP contribution in [0, 0.1) is 11.6 Å². The van der Waals surface area contributed by atoms with Gasteiger partial charge < -0.3 is 20.1 Å². The lowest BCUT2D eigenvalue weighted by atomic mass is 10.1. The van der Waals surface area contributed by atoms with Gasteiger partial charge in [-0.25, -0.2) is 13.8 Å². The van der Waals surface area contributed by atoms with Gasteiger partial charge >= 0.3 is 6.18 Å². The third kappa shape index (κ3) is 6.06. The Morgan fingerprint density at radius 1 is 1.06 bits per heavy atom. The largest absolute Gasteiger partial charge is 0.467 e. The molecular formula is C21H22F5N3O2. The van der Waals surface area contributed by atoms with E-state index in [1.807, 2.05) is 6.92 Å². The molecule has 1 heterocycles. The molecule has 0 aliphatic carbocycles. The van der Waals surface area contributed by atoms with Gasteiger partial charge in [-0.05, 0) is 48.7 Å². The summed E-state index contributed by atoms with van der Waals surface area (Å²) in [5.74, 6) is -0.498. The van der Waals surface area contributed by atoms with Crippen molar-refractivity contribution in [1.82, 2.24) is 10.6 Å². The molecule has 0 saturated heterocycles. The van der Waals surface area contributed by atoms with Gasteiger partial charge in [-0.2, -0.15) is 13.2 Å². The highest BCUT2D eigenvalue weighted by atomic mass is 19.4. The number of fused-ring (bicyclic) bond motifs is 1. The number of benzene rings is 2. The van der Waals surface area contributed by atoms with E-state index in [0.29, 0.717) is 42.5 Å². The average molecular weight is 443 g/mol. The Labute approximate surface area is 176 Å². The van der Waals surface area contributed by atoms with Crippen molar-refractivity contribution < 1.29 is 31.4 Å². The van der Waals surface area contributed by atoms with E-state index in [9.17, 15) is 22.0 Å². The Balaban J connectivity index is 1.69. The molecule has 31 heavy (non-hydrogen) atoms. The smallest absolute Gasteiger partial charge is 0.416 e. The van der Waals surface area contributed by atoms with Crippen LogP contribution in [-0.4, -0.2) is 25.8 Å². The molecule has 0 fully saturated rings. The number of nitrogens with zero attached hydrogens (tertiary/aromatic N) is 1. The lowest BCUT2D eigenvalue weighted by molar-refractivity contribution is -0.138. The summed E-state index contributed by atoms with van der Waals surface area (Å²) in [4.78, 5) is 4.17. The molecule has 0 radical (unpaired) electrons. The maximum absolute atomic E-state index is 13.8. The molecule has 1 aliphatic rings. The lowest BCUT2D eigenvalue weighted by Gasteiger charge is -2.21. The number of hydrogen-bond donors (Lipinski definition) is 2. The summed E-state index contributed by atoms with van der Waals surface area (Å²) in [7, 11) is 0. The van der Waals surface area contributed by atoms with E-state index in [1.54, 1.807) is 0 Å². The number of guanidine groups is 1. The maximum atomic E-state index is 13.8. The molecule has 0 bridgehead atoms. The van der Waals surface area contributed by atoms with Crippen LogP contribution in [-0.2, 0) is 30.5 Å². The topological polar surface area (TPSA) is 54.9 Å². The molecule has 168 valence electrons. The van der Waals surface area contributed by atoms with E-state index in [0.717, 1.165) is 12.1 Å². The molecule has 2 N–H and O–H groups in total. The summed E-state index contributed by atoms with van der Waals surface area (Å²) in [5, 5.41) is 5.95. The minimum Gasteiger partial charge on any atom is -0.467 e. The maximum Gasteiger partial charge on any atom is 0.416 e. The fourth-order valence-corrected chi connectivity index (χ4v) is 3.21. The number of alkyl halides is 3. The zero-order valence-electron chi connectivity index (χ0n) is 16.8. The molecule has 0 saturated carbocycles. The monoisotopic (exact) mass is 443 g/mol. The average Bonchev–Trinajstić information content (AvgIpc) is 2.71. The number of nitrogens with one attached hydrogen (secondary N) is 2. The first-order valence-electron chi connectivity index (χ1n) is 9.67. The van der Waals surface area contributed by atoms with Crippen molar-refractivity contribution in [3.8, 4) is 5.75 Å². The van der Waals surface area contributed by atoms with E-state index in [4.69, 9.17) is 9.47 Å². The predicted molar refractivity (Wildman–Crippen MR) is 105 cm³/mol. The van der Waals surface area contributed by atoms with E-state index < -0.39 is 23.4 Å². The van der Waals surface area contributed by atoms with Crippen LogP contribution in [0.25, 0.3) is 0 Å². The van der Waals surface area contributed by atoms with E-state index in [-0.39, 0.29) is 31.5 Å². The number of aliphatic imine (C=N–C) groups is 1. The molecule has 0 atom stereocenters. The van der Waals surface area contributed by atoms with Crippen molar-refractivity contribution in [3.05, 3.63) is 64.2 Å². The Morgan fingerprint density at radius 3 is 2.61 bits per heavy atom. The van der Waals surface area contributed by atoms with E-state index >= 15 is 0 Å². The SMILES string of the molecule is CCNC(=NCc1ccc(F)cc1C(F)(F)F)NCCc1cc(F)cc2c1OCOC2. The van der Waals surface area contributed by atoms with Gasteiger partial charge in [-0.15, -0.1) is 0 Å². The minimum atomic E-state index is -4.68. The molecule has 2 aromatic carbocycles. The van der Waals surface area contributed by atoms with Gasteiger partial charge in [0.15, 0.2) is 12.8 Å². The van der Waals surface area contributed by atoms with Crippen LogP contribution in [0.4, 0.5) is 22.0 Å².